The molecular weight excluding hydrogens is 578 g/mol. The lowest BCUT2D eigenvalue weighted by Crippen LogP contribution is -2.63. The Morgan fingerprint density at radius 3 is 0.657 bits per heavy atom. The first-order valence-corrected chi connectivity index (χ1v) is 7.52. The Kier molecular flexibility index (Phi) is 8.66. The van der Waals surface area contributed by atoms with E-state index in [-0.39, 0.29) is 0 Å². The van der Waals surface area contributed by atoms with Crippen LogP contribution in [0.15, 0.2) is 0 Å². The Morgan fingerprint density at radius 1 is 0.343 bits per heavy atom. The number of halogens is 22. The average molecular weight is 582 g/mol. The van der Waals surface area contributed by atoms with E-state index in [4.69, 9.17) is 0 Å². The highest BCUT2D eigenvalue weighted by Gasteiger charge is 2.80. The van der Waals surface area contributed by atoms with Gasteiger partial charge in [0.1, 0.15) is 0 Å². The van der Waals surface area contributed by atoms with Crippen LogP contribution in [-0.4, -0.2) is 61.1 Å². The van der Waals surface area contributed by atoms with Crippen LogP contribution in [0.3, 0.4) is 0 Å². The molecule has 212 valence electrons. The predicted molar refractivity (Wildman–Crippen MR) is 61.9 cm³/mol. The third-order valence-electron chi connectivity index (χ3n) is 3.72. The van der Waals surface area contributed by atoms with Gasteiger partial charge in [-0.15, -0.1) is 0 Å². The molecule has 0 aromatic rings. The lowest BCUT2D eigenvalue weighted by atomic mass is 9.95. The number of alkyl halides is 22. The lowest BCUT2D eigenvalue weighted by Gasteiger charge is -2.38. The van der Waals surface area contributed by atoms with Crippen molar-refractivity contribution < 1.29 is 101 Å². The molecule has 35 heavy (non-hydrogen) atoms. The molecule has 0 N–H and O–H groups in total. The minimum atomic E-state index is -7.96. The zero-order valence-corrected chi connectivity index (χ0v) is 15.0. The van der Waals surface area contributed by atoms with Crippen molar-refractivity contribution in [2.45, 2.75) is 61.1 Å². The predicted octanol–water partition coefficient (Wildman–Crippen LogP) is 7.62. The molecule has 0 spiro atoms. The first-order valence-electron chi connectivity index (χ1n) is 7.52. The third-order valence-corrected chi connectivity index (χ3v) is 3.72. The largest absolute Gasteiger partial charge is 0.427 e. The van der Waals surface area contributed by atoms with E-state index in [9.17, 15) is 96.6 Å². The van der Waals surface area contributed by atoms with Crippen molar-refractivity contribution in [1.82, 2.24) is 0 Å². The monoisotopic (exact) mass is 582 g/mol. The molecule has 0 fully saturated rings. The van der Waals surface area contributed by atoms with Crippen molar-refractivity contribution >= 4 is 0 Å². The molecule has 0 aromatic heterocycles. The van der Waals surface area contributed by atoms with Gasteiger partial charge >= 0.3 is 48.8 Å². The van der Waals surface area contributed by atoms with Crippen molar-refractivity contribution in [2.24, 2.45) is 11.8 Å². The van der Waals surface area contributed by atoms with Crippen LogP contribution >= 0.6 is 0 Å². The summed E-state index contributed by atoms with van der Waals surface area (Å²) in [5.74, 6) is -27.9. The van der Waals surface area contributed by atoms with Gasteiger partial charge in [0.15, 0.2) is 24.2 Å². The highest BCUT2D eigenvalue weighted by Crippen LogP contribution is 2.55. The van der Waals surface area contributed by atoms with Crippen LogP contribution in [0.5, 0.6) is 0 Å². The average Bonchev–Trinajstić information content (AvgIpc) is 2.47. The van der Waals surface area contributed by atoms with Crippen LogP contribution in [0.2, 0.25) is 0 Å². The van der Waals surface area contributed by atoms with Crippen LogP contribution in [0, 0.1) is 11.8 Å². The summed E-state index contributed by atoms with van der Waals surface area (Å²) in [6.45, 7) is 0. The van der Waals surface area contributed by atoms with Crippen molar-refractivity contribution in [3.63, 3.8) is 0 Å². The molecule has 23 heteroatoms. The van der Waals surface area contributed by atoms with E-state index in [0.717, 1.165) is 0 Å². The molecule has 2 unspecified atom stereocenters. The normalized spacial score (nSPS) is 17.8. The van der Waals surface area contributed by atoms with Gasteiger partial charge in [-0.1, -0.05) is 0 Å². The second-order valence-corrected chi connectivity index (χ2v) is 6.31. The number of hydrogen-bond donors (Lipinski definition) is 0. The first kappa shape index (κ1) is 33.4. The topological polar surface area (TPSA) is 9.23 Å². The fourth-order valence-corrected chi connectivity index (χ4v) is 2.07. The van der Waals surface area contributed by atoms with E-state index in [1.807, 2.05) is 0 Å². The highest BCUT2D eigenvalue weighted by molar-refractivity contribution is 4.99. The molecule has 0 aliphatic rings. The van der Waals surface area contributed by atoms with E-state index in [1.165, 1.54) is 4.74 Å². The molecule has 0 saturated carbocycles. The van der Waals surface area contributed by atoms with Gasteiger partial charge in [0.25, 0.3) is 0 Å². The molecule has 0 heterocycles. The molecule has 0 aromatic carbocycles. The van der Waals surface area contributed by atoms with Gasteiger partial charge in [0.2, 0.25) is 0 Å². The maximum atomic E-state index is 13.3. The maximum Gasteiger partial charge on any atom is 0.427 e. The summed E-state index contributed by atoms with van der Waals surface area (Å²) < 4.78 is 280. The summed E-state index contributed by atoms with van der Waals surface area (Å²) in [7, 11) is 0. The third kappa shape index (κ3) is 6.80. The fraction of sp³-hybridized carbons (Fsp3) is 1.00. The van der Waals surface area contributed by atoms with Crippen molar-refractivity contribution in [3.05, 3.63) is 0 Å². The van der Waals surface area contributed by atoms with E-state index < -0.39 is 72.9 Å². The molecular formula is C12H4F22O. The summed E-state index contributed by atoms with van der Waals surface area (Å²) in [6.07, 6.45) is -57.6. The number of rotatable bonds is 8. The first-order chi connectivity index (χ1) is 14.8. The van der Waals surface area contributed by atoms with Gasteiger partial charge in [-0.25, -0.2) is 13.5 Å². The summed E-state index contributed by atoms with van der Waals surface area (Å²) in [4.78, 5) is 0. The second-order valence-electron chi connectivity index (χ2n) is 6.31. The van der Waals surface area contributed by atoms with Crippen LogP contribution in [0.4, 0.5) is 96.6 Å². The Hall–Kier alpha value is -1.58. The summed E-state index contributed by atoms with van der Waals surface area (Å²) >= 11 is 0. The van der Waals surface area contributed by atoms with Gasteiger partial charge in [-0.3, -0.25) is 0 Å². The highest BCUT2D eigenvalue weighted by atomic mass is 19.4. The molecule has 0 amide bonds. The summed E-state index contributed by atoms with van der Waals surface area (Å²) in [5.41, 5.74) is 0. The Labute approximate surface area is 176 Å². The Morgan fingerprint density at radius 2 is 0.514 bits per heavy atom. The lowest BCUT2D eigenvalue weighted by molar-refractivity contribution is -0.486. The summed E-state index contributed by atoms with van der Waals surface area (Å²) in [5, 5.41) is 0. The van der Waals surface area contributed by atoms with Crippen molar-refractivity contribution in [3.8, 4) is 0 Å². The quantitative estimate of drug-likeness (QED) is 0.268. The molecule has 0 aliphatic heterocycles. The van der Waals surface area contributed by atoms with E-state index in [1.54, 1.807) is 0 Å². The van der Waals surface area contributed by atoms with Crippen LogP contribution in [0.25, 0.3) is 0 Å². The van der Waals surface area contributed by atoms with Gasteiger partial charge in [0, 0.05) is 0 Å². The molecule has 0 radical (unpaired) electrons. The fourth-order valence-electron chi connectivity index (χ4n) is 2.07. The van der Waals surface area contributed by atoms with Crippen LogP contribution < -0.4 is 0 Å². The maximum absolute atomic E-state index is 13.3. The van der Waals surface area contributed by atoms with Crippen LogP contribution in [0.1, 0.15) is 0 Å². The molecule has 0 saturated heterocycles. The van der Waals surface area contributed by atoms with Gasteiger partial charge in [0.05, 0.1) is 0 Å². The Balaban J connectivity index is 6.44. The van der Waals surface area contributed by atoms with Crippen LogP contribution in [-0.2, 0) is 4.74 Å². The molecule has 0 rings (SSSR count). The van der Waals surface area contributed by atoms with E-state index >= 15 is 0 Å². The Bertz CT molecular complexity index is 620. The number of hydrogen-bond acceptors (Lipinski definition) is 1. The second kappa shape index (κ2) is 9.06. The minimum Gasteiger partial charge on any atom is -0.245 e. The SMILES string of the molecule is FC(C(C(F)(F)F)C(F)(F)F)C(F)(F)C(F)(F)OC(F)(F)C(F)(F)C(F)C(C(F)(F)F)C(F)(F)F. The standard InChI is InChI=1S/C12H4F22O/c13-3(1(7(19,20)21)8(22,23)24)5(15,16)11(31,32)35-12(33,34)6(17,18)4(14)2(9(25,26)27)10(28,29)30/h1-4H. The number of ether oxygens (including phenoxy) is 1. The van der Waals surface area contributed by atoms with Gasteiger partial charge < -0.3 is 0 Å². The van der Waals surface area contributed by atoms with Crippen molar-refractivity contribution in [1.29, 1.82) is 0 Å². The molecule has 0 aliphatic carbocycles. The zero-order chi connectivity index (χ0) is 29.0. The van der Waals surface area contributed by atoms with Gasteiger partial charge in [-0.05, 0) is 0 Å². The minimum absolute atomic E-state index is 1.23. The van der Waals surface area contributed by atoms with Crippen molar-refractivity contribution in [2.75, 3.05) is 0 Å². The smallest absolute Gasteiger partial charge is 0.245 e. The van der Waals surface area contributed by atoms with Gasteiger partial charge in [-0.2, -0.15) is 87.8 Å². The zero-order valence-electron chi connectivity index (χ0n) is 15.0. The molecule has 2 atom stereocenters. The summed E-state index contributed by atoms with van der Waals surface area (Å²) in [6, 6.07) is 0. The van der Waals surface area contributed by atoms with E-state index in [0.29, 0.717) is 0 Å². The van der Waals surface area contributed by atoms with E-state index in [2.05, 4.69) is 0 Å². The molecule has 0 bridgehead atoms. The molecule has 1 nitrogen and oxygen atoms in total.